The number of aromatic nitrogens is 1. The molecule has 2 aromatic rings. The van der Waals surface area contributed by atoms with Crippen LogP contribution >= 0.6 is 0 Å². The highest BCUT2D eigenvalue weighted by Crippen LogP contribution is 2.13. The maximum absolute atomic E-state index is 12.6. The van der Waals surface area contributed by atoms with E-state index in [9.17, 15) is 9.50 Å². The van der Waals surface area contributed by atoms with Crippen LogP contribution in [0, 0.1) is 5.95 Å². The fourth-order valence-corrected chi connectivity index (χ4v) is 1.78. The third-order valence-electron chi connectivity index (χ3n) is 2.62. The molecular formula is C14H15FN2O. The van der Waals surface area contributed by atoms with E-state index in [-0.39, 0.29) is 11.8 Å². The summed E-state index contributed by atoms with van der Waals surface area (Å²) in [5, 5.41) is 12.4. The molecule has 0 aliphatic rings. The van der Waals surface area contributed by atoms with Crippen molar-refractivity contribution in [1.29, 1.82) is 0 Å². The van der Waals surface area contributed by atoms with E-state index in [1.807, 2.05) is 19.1 Å². The van der Waals surface area contributed by atoms with Gasteiger partial charge in [0.1, 0.15) is 5.75 Å². The van der Waals surface area contributed by atoms with Gasteiger partial charge in [0.25, 0.3) is 0 Å². The quantitative estimate of drug-likeness (QED) is 0.815. The Balaban J connectivity index is 1.94. The summed E-state index contributed by atoms with van der Waals surface area (Å²) < 4.78 is 12.6. The number of phenols is 1. The van der Waals surface area contributed by atoms with E-state index in [0.29, 0.717) is 0 Å². The average Bonchev–Trinajstić information content (AvgIpc) is 2.35. The fourth-order valence-electron chi connectivity index (χ4n) is 1.78. The van der Waals surface area contributed by atoms with Gasteiger partial charge in [-0.2, -0.15) is 4.39 Å². The number of nitrogens with one attached hydrogen (secondary N) is 1. The number of hydrogen-bond acceptors (Lipinski definition) is 3. The van der Waals surface area contributed by atoms with Gasteiger partial charge in [0.15, 0.2) is 0 Å². The molecule has 1 atom stereocenters. The predicted molar refractivity (Wildman–Crippen MR) is 69.1 cm³/mol. The molecule has 0 fully saturated rings. The van der Waals surface area contributed by atoms with Gasteiger partial charge in [0, 0.05) is 6.04 Å². The minimum Gasteiger partial charge on any atom is -0.508 e. The SMILES string of the molecule is CC(Cc1ccc(O)cc1)Nc1ccc(F)nc1. The summed E-state index contributed by atoms with van der Waals surface area (Å²) in [6.45, 7) is 2.04. The van der Waals surface area contributed by atoms with Gasteiger partial charge < -0.3 is 10.4 Å². The number of nitrogens with zero attached hydrogens (tertiary/aromatic N) is 1. The van der Waals surface area contributed by atoms with Crippen molar-refractivity contribution in [3.63, 3.8) is 0 Å². The van der Waals surface area contributed by atoms with Gasteiger partial charge in [-0.25, -0.2) is 4.98 Å². The number of rotatable bonds is 4. The number of halogens is 1. The number of benzene rings is 1. The molecule has 94 valence electrons. The topological polar surface area (TPSA) is 45.1 Å². The van der Waals surface area contributed by atoms with Gasteiger partial charge in [-0.15, -0.1) is 0 Å². The average molecular weight is 246 g/mol. The Morgan fingerprint density at radius 1 is 1.22 bits per heavy atom. The van der Waals surface area contributed by atoms with Crippen LogP contribution in [0.3, 0.4) is 0 Å². The third-order valence-corrected chi connectivity index (χ3v) is 2.62. The van der Waals surface area contributed by atoms with Gasteiger partial charge in [-0.05, 0) is 43.2 Å². The minimum atomic E-state index is -0.480. The van der Waals surface area contributed by atoms with Gasteiger partial charge in [0.05, 0.1) is 11.9 Å². The maximum Gasteiger partial charge on any atom is 0.212 e. The zero-order valence-electron chi connectivity index (χ0n) is 10.1. The molecule has 0 amide bonds. The zero-order chi connectivity index (χ0) is 13.0. The van der Waals surface area contributed by atoms with Crippen molar-refractivity contribution in [3.8, 4) is 5.75 Å². The van der Waals surface area contributed by atoms with Crippen LogP contribution in [0.2, 0.25) is 0 Å². The molecule has 0 radical (unpaired) electrons. The van der Waals surface area contributed by atoms with E-state index in [4.69, 9.17) is 0 Å². The first kappa shape index (κ1) is 12.4. The molecule has 0 aliphatic carbocycles. The van der Waals surface area contributed by atoms with Gasteiger partial charge in [-0.3, -0.25) is 0 Å². The summed E-state index contributed by atoms with van der Waals surface area (Å²) in [5.74, 6) is -0.214. The van der Waals surface area contributed by atoms with E-state index >= 15 is 0 Å². The van der Waals surface area contributed by atoms with Crippen molar-refractivity contribution in [3.05, 3.63) is 54.1 Å². The summed E-state index contributed by atoms with van der Waals surface area (Å²) in [6.07, 6.45) is 2.29. The second-order valence-electron chi connectivity index (χ2n) is 4.29. The monoisotopic (exact) mass is 246 g/mol. The second kappa shape index (κ2) is 5.49. The first-order chi connectivity index (χ1) is 8.63. The first-order valence-electron chi connectivity index (χ1n) is 5.79. The van der Waals surface area contributed by atoms with Crippen molar-refractivity contribution in [2.45, 2.75) is 19.4 Å². The van der Waals surface area contributed by atoms with Crippen LogP contribution in [0.1, 0.15) is 12.5 Å². The molecule has 1 aromatic heterocycles. The summed E-state index contributed by atoms with van der Waals surface area (Å²) >= 11 is 0. The predicted octanol–water partition coefficient (Wildman–Crippen LogP) is 2.97. The third kappa shape index (κ3) is 3.45. The smallest absolute Gasteiger partial charge is 0.212 e. The molecule has 1 aromatic carbocycles. The van der Waals surface area contributed by atoms with E-state index < -0.39 is 5.95 Å². The normalized spacial score (nSPS) is 12.1. The molecule has 2 rings (SSSR count). The lowest BCUT2D eigenvalue weighted by Gasteiger charge is -2.15. The van der Waals surface area contributed by atoms with E-state index in [1.165, 1.54) is 12.3 Å². The van der Waals surface area contributed by atoms with Crippen LogP contribution in [-0.2, 0) is 6.42 Å². The Bertz CT molecular complexity index is 449. The second-order valence-corrected chi connectivity index (χ2v) is 4.29. The van der Waals surface area contributed by atoms with Crippen molar-refractivity contribution in [2.24, 2.45) is 0 Å². The van der Waals surface area contributed by atoms with Gasteiger partial charge >= 0.3 is 0 Å². The van der Waals surface area contributed by atoms with Crippen molar-refractivity contribution < 1.29 is 9.50 Å². The molecule has 0 saturated heterocycles. The van der Waals surface area contributed by atoms with E-state index in [1.54, 1.807) is 18.2 Å². The molecule has 0 bridgehead atoms. The maximum atomic E-state index is 12.6. The van der Waals surface area contributed by atoms with Crippen LogP contribution in [0.25, 0.3) is 0 Å². The lowest BCUT2D eigenvalue weighted by molar-refractivity contribution is 0.475. The lowest BCUT2D eigenvalue weighted by Crippen LogP contribution is -2.18. The molecule has 4 heteroatoms. The number of aromatic hydroxyl groups is 1. The summed E-state index contributed by atoms with van der Waals surface area (Å²) in [6, 6.07) is 10.3. The fraction of sp³-hybridized carbons (Fsp3) is 0.214. The highest BCUT2D eigenvalue weighted by Gasteiger charge is 2.04. The van der Waals surface area contributed by atoms with Crippen LogP contribution in [0.5, 0.6) is 5.75 Å². The number of hydrogen-bond donors (Lipinski definition) is 2. The van der Waals surface area contributed by atoms with Crippen LogP contribution in [0.15, 0.2) is 42.6 Å². The summed E-state index contributed by atoms with van der Waals surface area (Å²) in [7, 11) is 0. The molecule has 1 unspecified atom stereocenters. The van der Waals surface area contributed by atoms with Gasteiger partial charge in [-0.1, -0.05) is 12.1 Å². The lowest BCUT2D eigenvalue weighted by atomic mass is 10.1. The highest BCUT2D eigenvalue weighted by molar-refractivity contribution is 5.41. The Kier molecular flexibility index (Phi) is 3.77. The van der Waals surface area contributed by atoms with Crippen LogP contribution in [0.4, 0.5) is 10.1 Å². The van der Waals surface area contributed by atoms with Crippen molar-refractivity contribution >= 4 is 5.69 Å². The Labute approximate surface area is 105 Å². The Morgan fingerprint density at radius 2 is 1.94 bits per heavy atom. The first-order valence-corrected chi connectivity index (χ1v) is 5.79. The Morgan fingerprint density at radius 3 is 2.56 bits per heavy atom. The standard InChI is InChI=1S/C14H15FN2O/c1-10(8-11-2-5-13(18)6-3-11)17-12-4-7-14(15)16-9-12/h2-7,9-10,17-18H,8H2,1H3. The molecule has 0 saturated carbocycles. The molecule has 0 aliphatic heterocycles. The number of phenolic OH excluding ortho intramolecular Hbond substituents is 1. The van der Waals surface area contributed by atoms with Crippen molar-refractivity contribution in [2.75, 3.05) is 5.32 Å². The molecule has 18 heavy (non-hydrogen) atoms. The Hall–Kier alpha value is -2.10. The largest absolute Gasteiger partial charge is 0.508 e. The number of anilines is 1. The molecule has 3 nitrogen and oxygen atoms in total. The summed E-state index contributed by atoms with van der Waals surface area (Å²) in [5.41, 5.74) is 1.92. The summed E-state index contributed by atoms with van der Waals surface area (Å²) in [4.78, 5) is 3.59. The molecule has 0 spiro atoms. The van der Waals surface area contributed by atoms with Crippen LogP contribution in [-0.4, -0.2) is 16.1 Å². The zero-order valence-corrected chi connectivity index (χ0v) is 10.1. The highest BCUT2D eigenvalue weighted by atomic mass is 19.1. The molecule has 1 heterocycles. The van der Waals surface area contributed by atoms with E-state index in [2.05, 4.69) is 10.3 Å². The van der Waals surface area contributed by atoms with Crippen molar-refractivity contribution in [1.82, 2.24) is 4.98 Å². The van der Waals surface area contributed by atoms with Gasteiger partial charge in [0.2, 0.25) is 5.95 Å². The van der Waals surface area contributed by atoms with E-state index in [0.717, 1.165) is 17.7 Å². The molecular weight excluding hydrogens is 231 g/mol. The van der Waals surface area contributed by atoms with Crippen LogP contribution < -0.4 is 5.32 Å². The minimum absolute atomic E-state index is 0.196. The number of pyridine rings is 1. The molecule has 2 N–H and O–H groups in total.